The Hall–Kier alpha value is -3.24. The third-order valence-corrected chi connectivity index (χ3v) is 6.97. The first-order valence-corrected chi connectivity index (χ1v) is 12.9. The maximum Gasteiger partial charge on any atom is 0.323 e. The first-order valence-electron chi connectivity index (χ1n) is 12.0. The molecule has 1 aliphatic carbocycles. The summed E-state index contributed by atoms with van der Waals surface area (Å²) in [5.41, 5.74) is 11.5. The van der Waals surface area contributed by atoms with Crippen molar-refractivity contribution in [2.75, 3.05) is 11.9 Å². The number of thiophene rings is 1. The molecule has 0 spiro atoms. The van der Waals surface area contributed by atoms with Crippen LogP contribution in [0.1, 0.15) is 61.9 Å². The number of benzene rings is 1. The molecule has 8 nitrogen and oxygen atoms in total. The van der Waals surface area contributed by atoms with Gasteiger partial charge in [0.25, 0.3) is 5.91 Å². The average Bonchev–Trinajstić information content (AvgIpc) is 3.46. The number of carbonyl (C=O) groups is 3. The first-order chi connectivity index (χ1) is 17.1. The smallest absolute Gasteiger partial charge is 0.323 e. The fourth-order valence-electron chi connectivity index (χ4n) is 4.12. The lowest BCUT2D eigenvalue weighted by Gasteiger charge is -2.21. The molecule has 1 aromatic heterocycles. The molecule has 6 N–H and O–H groups in total. The molecule has 0 bridgehead atoms. The Bertz CT molecular complexity index is 1130. The van der Waals surface area contributed by atoms with Crippen LogP contribution in [-0.4, -0.2) is 36.6 Å². The SMILES string of the molecule is CC(C)C[C@H](NC/C=C/c1ccc(-c2cc(C(N)=O)c(NC(N)=O)s2)cc1F)C(=O)OC1CCCC1. The average molecular weight is 517 g/mol. The Morgan fingerprint density at radius 2 is 1.92 bits per heavy atom. The summed E-state index contributed by atoms with van der Waals surface area (Å²) in [4.78, 5) is 36.0. The van der Waals surface area contributed by atoms with E-state index in [9.17, 15) is 18.8 Å². The maximum absolute atomic E-state index is 14.8. The van der Waals surface area contributed by atoms with Crippen LogP contribution >= 0.6 is 11.3 Å². The van der Waals surface area contributed by atoms with Crippen LogP contribution < -0.4 is 22.1 Å². The highest BCUT2D eigenvalue weighted by atomic mass is 32.1. The molecule has 36 heavy (non-hydrogen) atoms. The zero-order valence-corrected chi connectivity index (χ0v) is 21.3. The Labute approximate surface area is 214 Å². The van der Waals surface area contributed by atoms with Crippen LogP contribution in [0.25, 0.3) is 16.5 Å². The number of nitrogens with one attached hydrogen (secondary N) is 2. The second kappa shape index (κ2) is 12.6. The summed E-state index contributed by atoms with van der Waals surface area (Å²) < 4.78 is 20.5. The van der Waals surface area contributed by atoms with Gasteiger partial charge in [0.05, 0.1) is 5.56 Å². The second-order valence-electron chi connectivity index (χ2n) is 9.28. The van der Waals surface area contributed by atoms with Gasteiger partial charge in [0.15, 0.2) is 0 Å². The van der Waals surface area contributed by atoms with Crippen LogP contribution in [0.3, 0.4) is 0 Å². The third-order valence-electron chi connectivity index (χ3n) is 5.88. The van der Waals surface area contributed by atoms with E-state index in [1.165, 1.54) is 12.1 Å². The van der Waals surface area contributed by atoms with Gasteiger partial charge in [0.1, 0.15) is 23.0 Å². The number of halogens is 1. The molecule has 1 aliphatic rings. The van der Waals surface area contributed by atoms with Crippen molar-refractivity contribution in [3.63, 3.8) is 0 Å². The van der Waals surface area contributed by atoms with E-state index in [4.69, 9.17) is 16.2 Å². The molecule has 1 atom stereocenters. The molecule has 0 unspecified atom stereocenters. The van der Waals surface area contributed by atoms with Crippen molar-refractivity contribution in [3.8, 4) is 10.4 Å². The number of rotatable bonds is 11. The van der Waals surface area contributed by atoms with Gasteiger partial charge in [-0.1, -0.05) is 38.1 Å². The number of hydrogen-bond acceptors (Lipinski definition) is 6. The number of urea groups is 1. The quantitative estimate of drug-likeness (QED) is 0.322. The van der Waals surface area contributed by atoms with Crippen LogP contribution in [0, 0.1) is 11.7 Å². The van der Waals surface area contributed by atoms with Crippen molar-refractivity contribution in [3.05, 3.63) is 47.3 Å². The van der Waals surface area contributed by atoms with E-state index in [1.54, 1.807) is 24.3 Å². The van der Waals surface area contributed by atoms with Gasteiger partial charge in [0, 0.05) is 17.0 Å². The number of carbonyl (C=O) groups excluding carboxylic acids is 3. The van der Waals surface area contributed by atoms with E-state index in [1.807, 2.05) is 0 Å². The maximum atomic E-state index is 14.8. The van der Waals surface area contributed by atoms with E-state index < -0.39 is 23.8 Å². The number of anilines is 1. The van der Waals surface area contributed by atoms with Gasteiger partial charge in [0.2, 0.25) is 0 Å². The Morgan fingerprint density at radius 1 is 1.19 bits per heavy atom. The molecule has 1 fully saturated rings. The molecule has 3 rings (SSSR count). The van der Waals surface area contributed by atoms with Gasteiger partial charge in [-0.2, -0.15) is 0 Å². The number of primary amides is 2. The zero-order chi connectivity index (χ0) is 26.2. The van der Waals surface area contributed by atoms with Crippen molar-refractivity contribution >= 4 is 40.3 Å². The van der Waals surface area contributed by atoms with E-state index in [0.717, 1.165) is 37.0 Å². The number of hydrogen-bond donors (Lipinski definition) is 4. The van der Waals surface area contributed by atoms with Gasteiger partial charge >= 0.3 is 12.0 Å². The van der Waals surface area contributed by atoms with Crippen molar-refractivity contribution in [2.45, 2.75) is 58.1 Å². The highest BCUT2D eigenvalue weighted by molar-refractivity contribution is 7.20. The molecule has 1 heterocycles. The summed E-state index contributed by atoms with van der Waals surface area (Å²) in [6.07, 6.45) is 8.12. The lowest BCUT2D eigenvalue weighted by atomic mass is 10.0. The molecular formula is C26H33FN4O4S. The fourth-order valence-corrected chi connectivity index (χ4v) is 5.18. The van der Waals surface area contributed by atoms with Crippen LogP contribution in [0.2, 0.25) is 0 Å². The lowest BCUT2D eigenvalue weighted by Crippen LogP contribution is -2.40. The van der Waals surface area contributed by atoms with Crippen LogP contribution in [-0.2, 0) is 9.53 Å². The topological polar surface area (TPSA) is 137 Å². The lowest BCUT2D eigenvalue weighted by molar-refractivity contribution is -0.151. The fraction of sp³-hybridized carbons (Fsp3) is 0.423. The standard InChI is InChI=1S/C26H33FN4O4S/c1-15(2)12-21(25(33)35-18-7-3-4-8-18)30-11-5-6-16-9-10-17(13-20(16)27)22-14-19(23(28)32)24(36-22)31-26(29)34/h5-6,9-10,13-15,18,21,30H,3-4,7-8,11-12H2,1-2H3,(H2,28,32)(H3,29,31,34)/b6-5+/t21-/m0/s1. The van der Waals surface area contributed by atoms with E-state index >= 15 is 0 Å². The Kier molecular flexibility index (Phi) is 9.60. The van der Waals surface area contributed by atoms with Crippen LogP contribution in [0.15, 0.2) is 30.3 Å². The summed E-state index contributed by atoms with van der Waals surface area (Å²) >= 11 is 1.08. The van der Waals surface area contributed by atoms with Gasteiger partial charge in [-0.25, -0.2) is 9.18 Å². The summed E-state index contributed by atoms with van der Waals surface area (Å²) in [6.45, 7) is 4.49. The Morgan fingerprint density at radius 3 is 2.53 bits per heavy atom. The van der Waals surface area contributed by atoms with Crippen LogP contribution in [0.4, 0.5) is 14.2 Å². The van der Waals surface area contributed by atoms with Crippen molar-refractivity contribution in [1.82, 2.24) is 5.32 Å². The van der Waals surface area contributed by atoms with Crippen LogP contribution in [0.5, 0.6) is 0 Å². The first kappa shape index (κ1) is 27.3. The minimum Gasteiger partial charge on any atom is -0.461 e. The predicted octanol–water partition coefficient (Wildman–Crippen LogP) is 4.65. The summed E-state index contributed by atoms with van der Waals surface area (Å²) in [5.74, 6) is -1.09. The number of esters is 1. The van der Waals surface area contributed by atoms with Gasteiger partial charge in [-0.15, -0.1) is 11.3 Å². The van der Waals surface area contributed by atoms with E-state index in [-0.39, 0.29) is 22.6 Å². The van der Waals surface area contributed by atoms with Gasteiger partial charge < -0.3 is 21.5 Å². The molecule has 0 radical (unpaired) electrons. The Balaban J connectivity index is 1.64. The number of ether oxygens (including phenoxy) is 1. The minimum atomic E-state index is -0.825. The molecule has 1 aromatic carbocycles. The third kappa shape index (κ3) is 7.63. The summed E-state index contributed by atoms with van der Waals surface area (Å²) in [7, 11) is 0. The molecule has 3 amide bonds. The van der Waals surface area contributed by atoms with Crippen molar-refractivity contribution < 1.29 is 23.5 Å². The molecule has 10 heteroatoms. The molecule has 194 valence electrons. The van der Waals surface area contributed by atoms with Crippen molar-refractivity contribution in [2.24, 2.45) is 17.4 Å². The van der Waals surface area contributed by atoms with Gasteiger partial charge in [-0.05, 0) is 55.7 Å². The van der Waals surface area contributed by atoms with Crippen molar-refractivity contribution in [1.29, 1.82) is 0 Å². The van der Waals surface area contributed by atoms with E-state index in [0.29, 0.717) is 34.9 Å². The highest BCUT2D eigenvalue weighted by Gasteiger charge is 2.25. The number of nitrogens with two attached hydrogens (primary N) is 2. The normalized spacial score (nSPS) is 14.9. The largest absolute Gasteiger partial charge is 0.461 e. The monoisotopic (exact) mass is 516 g/mol. The van der Waals surface area contributed by atoms with Gasteiger partial charge in [-0.3, -0.25) is 14.9 Å². The zero-order valence-electron chi connectivity index (χ0n) is 20.5. The molecule has 0 aliphatic heterocycles. The summed E-state index contributed by atoms with van der Waals surface area (Å²) in [6, 6.07) is 4.93. The number of amides is 3. The molecule has 2 aromatic rings. The molecule has 1 saturated carbocycles. The van der Waals surface area contributed by atoms with E-state index in [2.05, 4.69) is 24.5 Å². The summed E-state index contributed by atoms with van der Waals surface area (Å²) in [5, 5.41) is 5.79. The predicted molar refractivity (Wildman–Crippen MR) is 140 cm³/mol. The molecule has 0 saturated heterocycles. The minimum absolute atomic E-state index is 0.0159. The highest BCUT2D eigenvalue weighted by Crippen LogP contribution is 2.36. The second-order valence-corrected chi connectivity index (χ2v) is 10.3. The molecular weight excluding hydrogens is 483 g/mol.